The van der Waals surface area contributed by atoms with Crippen molar-refractivity contribution in [3.8, 4) is 5.75 Å². The molecule has 0 N–H and O–H groups in total. The second-order valence-corrected chi connectivity index (χ2v) is 4.63. The number of benzene rings is 1. The van der Waals surface area contributed by atoms with Gasteiger partial charge in [0, 0.05) is 0 Å². The molecule has 0 aliphatic carbocycles. The highest BCUT2D eigenvalue weighted by Crippen LogP contribution is 2.17. The van der Waals surface area contributed by atoms with Gasteiger partial charge in [0.2, 0.25) is 0 Å². The van der Waals surface area contributed by atoms with E-state index in [9.17, 15) is 9.18 Å². The molecule has 0 aliphatic heterocycles. The van der Waals surface area contributed by atoms with Gasteiger partial charge in [-0.3, -0.25) is 0 Å². The monoisotopic (exact) mass is 226 g/mol. The molecule has 16 heavy (non-hydrogen) atoms. The molecule has 0 bridgehead atoms. The molecule has 0 saturated heterocycles. The summed E-state index contributed by atoms with van der Waals surface area (Å²) in [4.78, 5) is 11.2. The van der Waals surface area contributed by atoms with Gasteiger partial charge in [0.15, 0.2) is 11.6 Å². The van der Waals surface area contributed by atoms with Crippen molar-refractivity contribution in [2.45, 2.75) is 20.8 Å². The Kier molecular flexibility index (Phi) is 3.88. The lowest BCUT2D eigenvalue weighted by atomic mass is 9.99. The Morgan fingerprint density at radius 3 is 2.50 bits per heavy atom. The molecule has 4 heteroatoms. The van der Waals surface area contributed by atoms with Crippen molar-refractivity contribution >= 4 is 6.16 Å². The van der Waals surface area contributed by atoms with Crippen LogP contribution in [0.2, 0.25) is 0 Å². The minimum Gasteiger partial charge on any atom is -0.433 e. The molecule has 0 fully saturated rings. The molecule has 0 radical (unpaired) electrons. The Morgan fingerprint density at radius 1 is 1.31 bits per heavy atom. The second-order valence-electron chi connectivity index (χ2n) is 4.63. The van der Waals surface area contributed by atoms with E-state index >= 15 is 0 Å². The maximum absolute atomic E-state index is 13.1. The van der Waals surface area contributed by atoms with Gasteiger partial charge in [0.05, 0.1) is 6.61 Å². The molecule has 3 nitrogen and oxygen atoms in total. The number of hydrogen-bond acceptors (Lipinski definition) is 3. The first-order valence-electron chi connectivity index (χ1n) is 4.98. The van der Waals surface area contributed by atoms with Gasteiger partial charge in [-0.15, -0.1) is 0 Å². The zero-order valence-electron chi connectivity index (χ0n) is 9.62. The highest BCUT2D eigenvalue weighted by molar-refractivity contribution is 5.63. The molecule has 1 aromatic rings. The van der Waals surface area contributed by atoms with Crippen molar-refractivity contribution in [3.05, 3.63) is 30.1 Å². The van der Waals surface area contributed by atoms with E-state index < -0.39 is 12.0 Å². The van der Waals surface area contributed by atoms with E-state index in [1.165, 1.54) is 18.2 Å². The molecule has 0 aliphatic rings. The zero-order valence-corrected chi connectivity index (χ0v) is 9.62. The molecule has 1 rings (SSSR count). The summed E-state index contributed by atoms with van der Waals surface area (Å²) in [5, 5.41) is 0. The molecule has 0 saturated carbocycles. The summed E-state index contributed by atoms with van der Waals surface area (Å²) in [5.74, 6) is -0.711. The first-order chi connectivity index (χ1) is 7.38. The third kappa shape index (κ3) is 4.29. The number of para-hydroxylation sites is 1. The lowest BCUT2D eigenvalue weighted by molar-refractivity contribution is 0.0674. The van der Waals surface area contributed by atoms with Gasteiger partial charge >= 0.3 is 6.16 Å². The zero-order chi connectivity index (χ0) is 12.2. The van der Waals surface area contributed by atoms with Gasteiger partial charge in [-0.05, 0) is 17.5 Å². The SMILES string of the molecule is CC(C)(C)COC(=O)Oc1ccccc1F. The lowest BCUT2D eigenvalue weighted by Gasteiger charge is -2.17. The van der Waals surface area contributed by atoms with Crippen molar-refractivity contribution in [2.75, 3.05) is 6.61 Å². The third-order valence-corrected chi connectivity index (χ3v) is 1.65. The van der Waals surface area contributed by atoms with Crippen LogP contribution in [0.5, 0.6) is 5.75 Å². The fraction of sp³-hybridized carbons (Fsp3) is 0.417. The van der Waals surface area contributed by atoms with Crippen LogP contribution in [-0.4, -0.2) is 12.8 Å². The van der Waals surface area contributed by atoms with E-state index in [0.29, 0.717) is 0 Å². The second kappa shape index (κ2) is 4.96. The summed E-state index contributed by atoms with van der Waals surface area (Å²) in [6.45, 7) is 5.98. The van der Waals surface area contributed by atoms with Gasteiger partial charge in [0.1, 0.15) is 0 Å². The maximum Gasteiger partial charge on any atom is 0.513 e. The first-order valence-corrected chi connectivity index (χ1v) is 4.98. The maximum atomic E-state index is 13.1. The van der Waals surface area contributed by atoms with E-state index in [1.807, 2.05) is 20.8 Å². The van der Waals surface area contributed by atoms with Crippen LogP contribution < -0.4 is 4.74 Å². The lowest BCUT2D eigenvalue weighted by Crippen LogP contribution is -2.20. The van der Waals surface area contributed by atoms with Gasteiger partial charge in [0.25, 0.3) is 0 Å². The van der Waals surface area contributed by atoms with Crippen LogP contribution in [0.1, 0.15) is 20.8 Å². The van der Waals surface area contributed by atoms with Crippen molar-refractivity contribution in [1.82, 2.24) is 0 Å². The molecular weight excluding hydrogens is 211 g/mol. The summed E-state index contributed by atoms with van der Waals surface area (Å²) >= 11 is 0. The quantitative estimate of drug-likeness (QED) is 0.572. The predicted octanol–water partition coefficient (Wildman–Crippen LogP) is 3.39. The normalized spacial score (nSPS) is 11.0. The van der Waals surface area contributed by atoms with E-state index in [0.717, 1.165) is 0 Å². The molecule has 88 valence electrons. The first kappa shape index (κ1) is 12.5. The van der Waals surface area contributed by atoms with Crippen LogP contribution in [0.15, 0.2) is 24.3 Å². The molecule has 0 amide bonds. The summed E-state index contributed by atoms with van der Waals surface area (Å²) < 4.78 is 22.6. The van der Waals surface area contributed by atoms with Crippen LogP contribution >= 0.6 is 0 Å². The number of ether oxygens (including phenoxy) is 2. The van der Waals surface area contributed by atoms with E-state index in [2.05, 4.69) is 0 Å². The molecule has 0 aromatic heterocycles. The highest BCUT2D eigenvalue weighted by atomic mass is 19.1. The van der Waals surface area contributed by atoms with Gasteiger partial charge in [-0.2, -0.15) is 0 Å². The Bertz CT molecular complexity index is 369. The number of carbonyl (C=O) groups is 1. The molecular formula is C12H15FO3. The molecule has 1 aromatic carbocycles. The summed E-state index contributed by atoms with van der Waals surface area (Å²) in [7, 11) is 0. The standard InChI is InChI=1S/C12H15FO3/c1-12(2,3)8-15-11(14)16-10-7-5-4-6-9(10)13/h4-7H,8H2,1-3H3. The van der Waals surface area contributed by atoms with Crippen LogP contribution in [-0.2, 0) is 4.74 Å². The van der Waals surface area contributed by atoms with Crippen molar-refractivity contribution < 1.29 is 18.7 Å². The number of carbonyl (C=O) groups excluding carboxylic acids is 1. The molecule has 0 atom stereocenters. The number of hydrogen-bond donors (Lipinski definition) is 0. The predicted molar refractivity (Wildman–Crippen MR) is 57.8 cm³/mol. The largest absolute Gasteiger partial charge is 0.513 e. The van der Waals surface area contributed by atoms with Crippen LogP contribution in [0, 0.1) is 11.2 Å². The molecule has 0 spiro atoms. The fourth-order valence-corrected chi connectivity index (χ4v) is 0.922. The Balaban J connectivity index is 2.50. The van der Waals surface area contributed by atoms with Crippen LogP contribution in [0.3, 0.4) is 0 Å². The molecule has 0 unspecified atom stereocenters. The van der Waals surface area contributed by atoms with Gasteiger partial charge in [-0.1, -0.05) is 32.9 Å². The highest BCUT2D eigenvalue weighted by Gasteiger charge is 2.16. The average Bonchev–Trinajstić information content (AvgIpc) is 2.18. The Hall–Kier alpha value is -1.58. The van der Waals surface area contributed by atoms with Gasteiger partial charge < -0.3 is 9.47 Å². The van der Waals surface area contributed by atoms with Crippen LogP contribution in [0.4, 0.5) is 9.18 Å². The van der Waals surface area contributed by atoms with Crippen molar-refractivity contribution in [2.24, 2.45) is 5.41 Å². The smallest absolute Gasteiger partial charge is 0.433 e. The van der Waals surface area contributed by atoms with Gasteiger partial charge in [-0.25, -0.2) is 9.18 Å². The number of rotatable bonds is 2. The summed E-state index contributed by atoms with van der Waals surface area (Å²) in [6.07, 6.45) is -0.889. The Morgan fingerprint density at radius 2 is 1.94 bits per heavy atom. The summed E-state index contributed by atoms with van der Waals surface area (Å²) in [5.41, 5.74) is -0.145. The number of halogens is 1. The Labute approximate surface area is 94.2 Å². The van der Waals surface area contributed by atoms with Crippen LogP contribution in [0.25, 0.3) is 0 Å². The molecule has 0 heterocycles. The van der Waals surface area contributed by atoms with Crippen molar-refractivity contribution in [1.29, 1.82) is 0 Å². The topological polar surface area (TPSA) is 35.5 Å². The average molecular weight is 226 g/mol. The fourth-order valence-electron chi connectivity index (χ4n) is 0.922. The third-order valence-electron chi connectivity index (χ3n) is 1.65. The minimum absolute atomic E-state index is 0.124. The van der Waals surface area contributed by atoms with E-state index in [1.54, 1.807) is 6.07 Å². The summed E-state index contributed by atoms with van der Waals surface area (Å²) in [6, 6.07) is 5.68. The van der Waals surface area contributed by atoms with E-state index in [4.69, 9.17) is 9.47 Å². The van der Waals surface area contributed by atoms with E-state index in [-0.39, 0.29) is 17.8 Å². The van der Waals surface area contributed by atoms with Crippen molar-refractivity contribution in [3.63, 3.8) is 0 Å². The minimum atomic E-state index is -0.889.